The third-order valence-corrected chi connectivity index (χ3v) is 9.20. The number of amides is 5. The third kappa shape index (κ3) is 8.43. The molecule has 0 fully saturated rings. The summed E-state index contributed by atoms with van der Waals surface area (Å²) >= 11 is 0. The van der Waals surface area contributed by atoms with Gasteiger partial charge in [-0.05, 0) is 60.2 Å². The molecule has 2 heterocycles. The fourth-order valence-corrected chi connectivity index (χ4v) is 6.34. The number of ether oxygens (including phenoxy) is 1. The van der Waals surface area contributed by atoms with E-state index in [1.807, 2.05) is 20.8 Å². The smallest absolute Gasteiger partial charge is 0.411 e. The molecule has 5 amide bonds. The van der Waals surface area contributed by atoms with Gasteiger partial charge < -0.3 is 24.7 Å². The van der Waals surface area contributed by atoms with Crippen molar-refractivity contribution in [2.75, 3.05) is 25.5 Å². The number of anilines is 1. The number of benzene rings is 3. The summed E-state index contributed by atoms with van der Waals surface area (Å²) in [5.74, 6) is -1.32. The molecular weight excluding hydrogens is 698 g/mol. The van der Waals surface area contributed by atoms with Gasteiger partial charge in [-0.1, -0.05) is 45.4 Å². The van der Waals surface area contributed by atoms with Gasteiger partial charge in [0.15, 0.2) is 5.82 Å². The van der Waals surface area contributed by atoms with Crippen LogP contribution >= 0.6 is 0 Å². The summed E-state index contributed by atoms with van der Waals surface area (Å²) < 4.78 is 6.64. The second-order valence-corrected chi connectivity index (χ2v) is 13.2. The number of phenolic OH excluding ortho intramolecular Hbond substituents is 2. The number of phenols is 2. The van der Waals surface area contributed by atoms with Crippen LogP contribution in [0.1, 0.15) is 73.0 Å². The molecule has 16 nitrogen and oxygen atoms in total. The lowest BCUT2D eigenvalue weighted by Crippen LogP contribution is -2.46. The molecule has 0 saturated carbocycles. The van der Waals surface area contributed by atoms with E-state index in [0.29, 0.717) is 59.4 Å². The number of aromatic amines is 1. The van der Waals surface area contributed by atoms with Gasteiger partial charge in [-0.3, -0.25) is 29.8 Å². The predicted octanol–water partition coefficient (Wildman–Crippen LogP) is 3.80. The first kappa shape index (κ1) is 38.8. The normalized spacial score (nSPS) is 12.7. The standard InChI is InChI=1S/C38H43N7O9/c1-5-8-30(35(50)39-21-46)44-20-28-25(36(44)51)9-6-10-29(28)40-38(53)54-16-7-15-43(4)33(49)17-23-11-13-24(14-12-23)45-34(41-42-37(45)52)27-18-26(22(2)3)31(47)19-32(27)48/h6,9-14,18-19,21-22,30,47-48H,5,7-8,15-17,20H2,1-4H3,(H,40,53)(H,42,52)(H,39,46,50). The zero-order valence-corrected chi connectivity index (χ0v) is 30.4. The van der Waals surface area contributed by atoms with Gasteiger partial charge in [0.2, 0.25) is 18.2 Å². The molecule has 1 unspecified atom stereocenters. The van der Waals surface area contributed by atoms with E-state index in [0.717, 1.165) is 0 Å². The molecule has 0 bridgehead atoms. The maximum absolute atomic E-state index is 13.1. The summed E-state index contributed by atoms with van der Waals surface area (Å²) in [5.41, 5.74) is 2.71. The fourth-order valence-electron chi connectivity index (χ4n) is 6.34. The monoisotopic (exact) mass is 741 g/mol. The van der Waals surface area contributed by atoms with Crippen LogP contribution in [0.4, 0.5) is 10.5 Å². The lowest BCUT2D eigenvalue weighted by atomic mass is 9.98. The number of likely N-dealkylation sites (N-methyl/N-ethyl adjacent to an activating group) is 1. The highest BCUT2D eigenvalue weighted by Gasteiger charge is 2.37. The second-order valence-electron chi connectivity index (χ2n) is 13.2. The molecule has 0 aliphatic carbocycles. The first-order chi connectivity index (χ1) is 25.8. The molecule has 1 aliphatic rings. The Bertz CT molecular complexity index is 2110. The topological polar surface area (TPSA) is 216 Å². The van der Waals surface area contributed by atoms with Crippen molar-refractivity contribution in [1.29, 1.82) is 0 Å². The number of fused-ring (bicyclic) bond motifs is 1. The lowest BCUT2D eigenvalue weighted by molar-refractivity contribution is -0.130. The van der Waals surface area contributed by atoms with Crippen LogP contribution in [-0.4, -0.2) is 91.2 Å². The van der Waals surface area contributed by atoms with E-state index in [2.05, 4.69) is 20.8 Å². The largest absolute Gasteiger partial charge is 0.508 e. The van der Waals surface area contributed by atoms with Crippen LogP contribution in [0.2, 0.25) is 0 Å². The quantitative estimate of drug-likeness (QED) is 0.0877. The molecule has 0 spiro atoms. The molecule has 0 saturated heterocycles. The van der Waals surface area contributed by atoms with Crippen LogP contribution in [-0.2, 0) is 32.1 Å². The highest BCUT2D eigenvalue weighted by molar-refractivity contribution is 6.04. The number of H-pyrrole nitrogens is 1. The van der Waals surface area contributed by atoms with Crippen molar-refractivity contribution in [1.82, 2.24) is 29.9 Å². The summed E-state index contributed by atoms with van der Waals surface area (Å²) in [5, 5.41) is 32.1. The molecule has 0 radical (unpaired) electrons. The van der Waals surface area contributed by atoms with Crippen LogP contribution in [0.3, 0.4) is 0 Å². The lowest BCUT2D eigenvalue weighted by Gasteiger charge is -2.25. The van der Waals surface area contributed by atoms with Crippen LogP contribution in [0.25, 0.3) is 17.1 Å². The van der Waals surface area contributed by atoms with Crippen molar-refractivity contribution < 1.29 is 38.9 Å². The average Bonchev–Trinajstić information content (AvgIpc) is 3.68. The van der Waals surface area contributed by atoms with Crippen molar-refractivity contribution in [3.63, 3.8) is 0 Å². The second kappa shape index (κ2) is 16.9. The Labute approximate surface area is 310 Å². The molecule has 4 aromatic rings. The van der Waals surface area contributed by atoms with Gasteiger partial charge in [0, 0.05) is 43.0 Å². The van der Waals surface area contributed by atoms with Crippen molar-refractivity contribution >= 4 is 35.9 Å². The Morgan fingerprint density at radius 3 is 2.48 bits per heavy atom. The minimum Gasteiger partial charge on any atom is -0.508 e. The maximum atomic E-state index is 13.1. The van der Waals surface area contributed by atoms with Crippen molar-refractivity contribution in [3.8, 4) is 28.6 Å². The SMILES string of the molecule is CCCC(C(=O)NC=O)N1Cc2c(NC(=O)OCCCN(C)C(=O)Cc3ccc(-n4c(-c5cc(C(C)C)c(O)cc5O)n[nH]c4=O)cc3)cccc2C1=O. The van der Waals surface area contributed by atoms with Crippen LogP contribution in [0, 0.1) is 0 Å². The molecule has 1 atom stereocenters. The molecule has 1 aromatic heterocycles. The van der Waals surface area contributed by atoms with E-state index in [-0.39, 0.29) is 66.6 Å². The highest BCUT2D eigenvalue weighted by Crippen LogP contribution is 2.37. The Morgan fingerprint density at radius 1 is 1.06 bits per heavy atom. The van der Waals surface area contributed by atoms with Gasteiger partial charge in [0.1, 0.15) is 17.5 Å². The summed E-state index contributed by atoms with van der Waals surface area (Å²) in [7, 11) is 1.64. The predicted molar refractivity (Wildman–Crippen MR) is 197 cm³/mol. The van der Waals surface area contributed by atoms with E-state index >= 15 is 0 Å². The Hall–Kier alpha value is -6.45. The summed E-state index contributed by atoms with van der Waals surface area (Å²) in [6, 6.07) is 13.6. The van der Waals surface area contributed by atoms with Crippen LogP contribution < -0.4 is 16.3 Å². The van der Waals surface area contributed by atoms with E-state index in [9.17, 15) is 39.0 Å². The van der Waals surface area contributed by atoms with Gasteiger partial charge in [0.05, 0.1) is 24.3 Å². The number of imide groups is 1. The van der Waals surface area contributed by atoms with Gasteiger partial charge in [-0.2, -0.15) is 5.10 Å². The zero-order valence-electron chi connectivity index (χ0n) is 30.4. The van der Waals surface area contributed by atoms with Gasteiger partial charge >= 0.3 is 11.8 Å². The van der Waals surface area contributed by atoms with E-state index < -0.39 is 23.7 Å². The minimum atomic E-state index is -0.840. The molecule has 5 rings (SSSR count). The first-order valence-corrected chi connectivity index (χ1v) is 17.5. The molecule has 54 heavy (non-hydrogen) atoms. The molecular formula is C38H43N7O9. The Kier molecular flexibility index (Phi) is 12.1. The first-order valence-electron chi connectivity index (χ1n) is 17.5. The molecule has 3 aromatic carbocycles. The molecule has 284 valence electrons. The van der Waals surface area contributed by atoms with Crippen molar-refractivity contribution in [2.24, 2.45) is 0 Å². The number of aromatic hydroxyl groups is 2. The number of hydrogen-bond acceptors (Lipinski definition) is 10. The summed E-state index contributed by atoms with van der Waals surface area (Å²) in [6.07, 6.45) is 0.941. The van der Waals surface area contributed by atoms with Gasteiger partial charge in [-0.25, -0.2) is 19.3 Å². The Morgan fingerprint density at radius 2 is 1.80 bits per heavy atom. The molecule has 1 aliphatic heterocycles. The number of rotatable bonds is 15. The number of nitrogens with zero attached hydrogens (tertiary/aromatic N) is 4. The zero-order chi connectivity index (χ0) is 39.1. The van der Waals surface area contributed by atoms with Gasteiger partial charge in [-0.15, -0.1) is 0 Å². The molecule has 5 N–H and O–H groups in total. The van der Waals surface area contributed by atoms with Crippen LogP contribution in [0.15, 0.2) is 59.4 Å². The minimum absolute atomic E-state index is 0.0136. The van der Waals surface area contributed by atoms with E-state index in [4.69, 9.17) is 4.74 Å². The van der Waals surface area contributed by atoms with Crippen molar-refractivity contribution in [2.45, 2.75) is 65.0 Å². The fraction of sp³-hybridized carbons (Fsp3) is 0.342. The number of nitrogens with one attached hydrogen (secondary N) is 3. The molecule has 16 heteroatoms. The number of carbonyl (C=O) groups is 5. The van der Waals surface area contributed by atoms with E-state index in [1.54, 1.807) is 55.6 Å². The maximum Gasteiger partial charge on any atom is 0.411 e. The van der Waals surface area contributed by atoms with Gasteiger partial charge in [0.25, 0.3) is 5.91 Å². The Balaban J connectivity index is 1.13. The number of aromatic nitrogens is 3. The highest BCUT2D eigenvalue weighted by atomic mass is 16.5. The van der Waals surface area contributed by atoms with E-state index in [1.165, 1.54) is 20.4 Å². The van der Waals surface area contributed by atoms with Crippen molar-refractivity contribution in [3.05, 3.63) is 87.3 Å². The number of hydrogen-bond donors (Lipinski definition) is 5. The third-order valence-electron chi connectivity index (χ3n) is 9.20. The average molecular weight is 742 g/mol. The van der Waals surface area contributed by atoms with Crippen LogP contribution in [0.5, 0.6) is 11.5 Å². The number of carbonyl (C=O) groups excluding carboxylic acids is 5. The summed E-state index contributed by atoms with van der Waals surface area (Å²) in [4.78, 5) is 77.8. The summed E-state index contributed by atoms with van der Waals surface area (Å²) in [6.45, 7) is 6.04.